The standard InChI is InChI=1S/C31H43N3O2/c35-30(27-18-11-23-34(24-27)31(36)29-21-7-8-22-32-29)33-28(19-9-16-25-12-3-1-4-13-25)20-10-17-26-14-5-2-6-15-26/h1-6,12-15,27-29,32H,7-11,16-24H2,(H,33,35). The fraction of sp³-hybridized carbons (Fsp3) is 0.548. The molecule has 2 saturated heterocycles. The van der Waals surface area contributed by atoms with Crippen molar-refractivity contribution in [2.24, 2.45) is 5.92 Å². The smallest absolute Gasteiger partial charge is 0.239 e. The van der Waals surface area contributed by atoms with E-state index in [1.807, 2.05) is 4.90 Å². The molecular formula is C31H43N3O2. The van der Waals surface area contributed by atoms with Crippen LogP contribution in [0.2, 0.25) is 0 Å². The van der Waals surface area contributed by atoms with E-state index < -0.39 is 0 Å². The molecule has 194 valence electrons. The van der Waals surface area contributed by atoms with Gasteiger partial charge in [-0.1, -0.05) is 67.1 Å². The molecule has 2 aliphatic heterocycles. The Kier molecular flexibility index (Phi) is 10.4. The molecule has 0 saturated carbocycles. The van der Waals surface area contributed by atoms with E-state index in [2.05, 4.69) is 71.3 Å². The number of carbonyl (C=O) groups is 2. The van der Waals surface area contributed by atoms with Crippen LogP contribution in [0.4, 0.5) is 0 Å². The van der Waals surface area contributed by atoms with Crippen LogP contribution in [0.5, 0.6) is 0 Å². The molecule has 0 bridgehead atoms. The molecule has 2 N–H and O–H groups in total. The first-order valence-corrected chi connectivity index (χ1v) is 14.1. The van der Waals surface area contributed by atoms with E-state index in [4.69, 9.17) is 0 Å². The lowest BCUT2D eigenvalue weighted by Gasteiger charge is -2.36. The van der Waals surface area contributed by atoms with Crippen LogP contribution < -0.4 is 10.6 Å². The summed E-state index contributed by atoms with van der Waals surface area (Å²) in [5.74, 6) is 0.222. The zero-order chi connectivity index (χ0) is 25.0. The van der Waals surface area contributed by atoms with Gasteiger partial charge < -0.3 is 15.5 Å². The van der Waals surface area contributed by atoms with Gasteiger partial charge in [0.05, 0.1) is 12.0 Å². The number of hydrogen-bond acceptors (Lipinski definition) is 3. The number of rotatable bonds is 11. The molecule has 0 aromatic heterocycles. The molecule has 2 amide bonds. The Balaban J connectivity index is 1.30. The van der Waals surface area contributed by atoms with Crippen LogP contribution in [0.3, 0.4) is 0 Å². The van der Waals surface area contributed by atoms with Gasteiger partial charge in [-0.3, -0.25) is 9.59 Å². The highest BCUT2D eigenvalue weighted by Crippen LogP contribution is 2.21. The summed E-state index contributed by atoms with van der Waals surface area (Å²) in [6.45, 7) is 2.25. The Bertz CT molecular complexity index is 882. The lowest BCUT2D eigenvalue weighted by molar-refractivity contribution is -0.138. The Hall–Kier alpha value is -2.66. The summed E-state index contributed by atoms with van der Waals surface area (Å²) in [6, 6.07) is 21.3. The molecule has 5 heteroatoms. The van der Waals surface area contributed by atoms with Gasteiger partial charge >= 0.3 is 0 Å². The van der Waals surface area contributed by atoms with Gasteiger partial charge in [-0.2, -0.15) is 0 Å². The minimum absolute atomic E-state index is 0.0655. The number of amides is 2. The van der Waals surface area contributed by atoms with Crippen molar-refractivity contribution in [3.05, 3.63) is 71.8 Å². The van der Waals surface area contributed by atoms with Crippen LogP contribution in [0, 0.1) is 5.92 Å². The molecule has 0 radical (unpaired) electrons. The van der Waals surface area contributed by atoms with Gasteiger partial charge in [-0.15, -0.1) is 0 Å². The number of benzene rings is 2. The lowest BCUT2D eigenvalue weighted by atomic mass is 9.94. The van der Waals surface area contributed by atoms with Gasteiger partial charge in [0.15, 0.2) is 0 Å². The maximum atomic E-state index is 13.4. The molecule has 4 rings (SSSR count). The fourth-order valence-corrected chi connectivity index (χ4v) is 5.68. The summed E-state index contributed by atoms with van der Waals surface area (Å²) in [7, 11) is 0. The Labute approximate surface area is 217 Å². The normalized spacial score (nSPS) is 20.3. The van der Waals surface area contributed by atoms with Crippen molar-refractivity contribution in [3.63, 3.8) is 0 Å². The van der Waals surface area contributed by atoms with Crippen molar-refractivity contribution < 1.29 is 9.59 Å². The van der Waals surface area contributed by atoms with Crippen LogP contribution in [0.15, 0.2) is 60.7 Å². The minimum atomic E-state index is -0.1000. The summed E-state index contributed by atoms with van der Waals surface area (Å²) >= 11 is 0. The quantitative estimate of drug-likeness (QED) is 0.472. The Morgan fingerprint density at radius 3 is 2.08 bits per heavy atom. The van der Waals surface area contributed by atoms with Crippen LogP contribution in [-0.4, -0.2) is 48.4 Å². The Morgan fingerprint density at radius 2 is 1.50 bits per heavy atom. The summed E-state index contributed by atoms with van der Waals surface area (Å²) in [5, 5.41) is 6.78. The number of nitrogens with zero attached hydrogens (tertiary/aromatic N) is 1. The topological polar surface area (TPSA) is 61.4 Å². The Morgan fingerprint density at radius 1 is 0.861 bits per heavy atom. The van der Waals surface area contributed by atoms with E-state index in [1.54, 1.807) is 0 Å². The third-order valence-electron chi connectivity index (χ3n) is 7.78. The van der Waals surface area contributed by atoms with E-state index in [1.165, 1.54) is 11.1 Å². The predicted molar refractivity (Wildman–Crippen MR) is 146 cm³/mol. The number of aryl methyl sites for hydroxylation is 2. The number of hydrogen-bond donors (Lipinski definition) is 2. The molecule has 2 aliphatic rings. The first-order chi connectivity index (χ1) is 17.7. The zero-order valence-corrected chi connectivity index (χ0v) is 21.7. The third kappa shape index (κ3) is 8.19. The van der Waals surface area contributed by atoms with Gasteiger partial charge in [0, 0.05) is 19.1 Å². The SMILES string of the molecule is O=C(NC(CCCc1ccccc1)CCCc1ccccc1)C1CCCN(C(=O)C2CCCCN2)C1. The van der Waals surface area contributed by atoms with E-state index in [0.717, 1.165) is 83.7 Å². The highest BCUT2D eigenvalue weighted by Gasteiger charge is 2.32. The monoisotopic (exact) mass is 489 g/mol. The van der Waals surface area contributed by atoms with Crippen molar-refractivity contribution in [2.45, 2.75) is 82.7 Å². The number of likely N-dealkylation sites (tertiary alicyclic amines) is 1. The molecule has 0 aliphatic carbocycles. The second kappa shape index (κ2) is 14.2. The molecule has 2 unspecified atom stereocenters. The first-order valence-electron chi connectivity index (χ1n) is 14.1. The van der Waals surface area contributed by atoms with Crippen molar-refractivity contribution >= 4 is 11.8 Å². The van der Waals surface area contributed by atoms with Gasteiger partial charge in [-0.25, -0.2) is 0 Å². The maximum absolute atomic E-state index is 13.4. The lowest BCUT2D eigenvalue weighted by Crippen LogP contribution is -2.53. The average Bonchev–Trinajstić information content (AvgIpc) is 2.94. The van der Waals surface area contributed by atoms with Crippen LogP contribution in [0.1, 0.15) is 68.9 Å². The predicted octanol–water partition coefficient (Wildman–Crippen LogP) is 4.90. The van der Waals surface area contributed by atoms with E-state index in [-0.39, 0.29) is 29.8 Å². The van der Waals surface area contributed by atoms with Crippen LogP contribution in [-0.2, 0) is 22.4 Å². The second-order valence-electron chi connectivity index (χ2n) is 10.6. The number of carbonyl (C=O) groups excluding carboxylic acids is 2. The first kappa shape index (κ1) is 26.4. The highest BCUT2D eigenvalue weighted by molar-refractivity contribution is 5.84. The van der Waals surface area contributed by atoms with Crippen LogP contribution in [0.25, 0.3) is 0 Å². The molecular weight excluding hydrogens is 446 g/mol. The van der Waals surface area contributed by atoms with E-state index in [9.17, 15) is 9.59 Å². The average molecular weight is 490 g/mol. The van der Waals surface area contributed by atoms with Gasteiger partial charge in [0.1, 0.15) is 0 Å². The van der Waals surface area contributed by atoms with Gasteiger partial charge in [0.25, 0.3) is 0 Å². The second-order valence-corrected chi connectivity index (χ2v) is 10.6. The van der Waals surface area contributed by atoms with E-state index >= 15 is 0 Å². The summed E-state index contributed by atoms with van der Waals surface area (Å²) in [6.07, 6.45) is 11.1. The highest BCUT2D eigenvalue weighted by atomic mass is 16.2. The molecule has 2 aromatic rings. The van der Waals surface area contributed by atoms with Crippen molar-refractivity contribution in [3.8, 4) is 0 Å². The molecule has 5 nitrogen and oxygen atoms in total. The summed E-state index contributed by atoms with van der Waals surface area (Å²) < 4.78 is 0. The molecule has 2 atom stereocenters. The summed E-state index contributed by atoms with van der Waals surface area (Å²) in [5.41, 5.74) is 2.70. The largest absolute Gasteiger partial charge is 0.353 e. The minimum Gasteiger partial charge on any atom is -0.353 e. The van der Waals surface area contributed by atoms with Crippen LogP contribution >= 0.6 is 0 Å². The molecule has 2 aromatic carbocycles. The number of nitrogens with one attached hydrogen (secondary N) is 2. The fourth-order valence-electron chi connectivity index (χ4n) is 5.68. The zero-order valence-electron chi connectivity index (χ0n) is 21.7. The third-order valence-corrected chi connectivity index (χ3v) is 7.78. The molecule has 36 heavy (non-hydrogen) atoms. The summed E-state index contributed by atoms with van der Waals surface area (Å²) in [4.78, 5) is 28.3. The van der Waals surface area contributed by atoms with Crippen molar-refractivity contribution in [1.82, 2.24) is 15.5 Å². The molecule has 0 spiro atoms. The van der Waals surface area contributed by atoms with E-state index in [0.29, 0.717) is 6.54 Å². The molecule has 2 fully saturated rings. The number of piperidine rings is 2. The molecule has 2 heterocycles. The van der Waals surface area contributed by atoms with Gasteiger partial charge in [-0.05, 0) is 81.9 Å². The maximum Gasteiger partial charge on any atom is 0.239 e. The van der Waals surface area contributed by atoms with Crippen molar-refractivity contribution in [1.29, 1.82) is 0 Å². The van der Waals surface area contributed by atoms with Gasteiger partial charge in [0.2, 0.25) is 11.8 Å². The van der Waals surface area contributed by atoms with Crippen molar-refractivity contribution in [2.75, 3.05) is 19.6 Å².